The minimum atomic E-state index is 0.111. The highest BCUT2D eigenvalue weighted by molar-refractivity contribution is 9.10. The number of halogens is 1. The molecule has 0 bridgehead atoms. The molecule has 1 aromatic carbocycles. The van der Waals surface area contributed by atoms with Gasteiger partial charge in [0.05, 0.1) is 6.21 Å². The third-order valence-corrected chi connectivity index (χ3v) is 3.90. The predicted octanol–water partition coefficient (Wildman–Crippen LogP) is 2.78. The van der Waals surface area contributed by atoms with Crippen LogP contribution in [0.15, 0.2) is 38.3 Å². The topological polar surface area (TPSA) is 95.1 Å². The van der Waals surface area contributed by atoms with E-state index in [1.807, 2.05) is 12.1 Å². The molecule has 22 heavy (non-hydrogen) atoms. The first kappa shape index (κ1) is 14.5. The van der Waals surface area contributed by atoms with Crippen LogP contribution in [0.3, 0.4) is 0 Å². The van der Waals surface area contributed by atoms with Crippen LogP contribution < -0.4 is 5.73 Å². The number of hydrogen-bond donors (Lipinski definition) is 1. The van der Waals surface area contributed by atoms with Gasteiger partial charge in [-0.15, -0.1) is 0 Å². The number of rotatable bonds is 3. The van der Waals surface area contributed by atoms with E-state index in [1.165, 1.54) is 17.3 Å². The molecule has 8 heteroatoms. The lowest BCUT2D eigenvalue weighted by atomic mass is 10.1. The number of hydrogen-bond acceptors (Lipinski definition) is 6. The summed E-state index contributed by atoms with van der Waals surface area (Å²) in [6, 6.07) is 7.86. The number of nitrogen functional groups attached to an aromatic ring is 1. The summed E-state index contributed by atoms with van der Waals surface area (Å²) in [5.74, 6) is 1.44. The maximum Gasteiger partial charge on any atom is 0.263 e. The molecule has 0 unspecified atom stereocenters. The van der Waals surface area contributed by atoms with E-state index < -0.39 is 0 Å². The first-order chi connectivity index (χ1) is 10.5. The molecule has 2 heterocycles. The molecule has 0 fully saturated rings. The lowest BCUT2D eigenvalue weighted by molar-refractivity contribution is 0.572. The molecule has 0 aliphatic carbocycles. The van der Waals surface area contributed by atoms with Crippen LogP contribution in [-0.2, 0) is 0 Å². The molecule has 0 aliphatic rings. The van der Waals surface area contributed by atoms with E-state index >= 15 is 0 Å². The van der Waals surface area contributed by atoms with Gasteiger partial charge in [0.15, 0.2) is 0 Å². The Hall–Kier alpha value is -2.48. The molecule has 3 rings (SSSR count). The fourth-order valence-electron chi connectivity index (χ4n) is 1.92. The summed E-state index contributed by atoms with van der Waals surface area (Å²) in [6.45, 7) is 4.14. The second-order valence-electron chi connectivity index (χ2n) is 4.79. The largest absolute Gasteiger partial charge is 0.455 e. The average Bonchev–Trinajstić information content (AvgIpc) is 3.10. The summed E-state index contributed by atoms with van der Waals surface area (Å²) in [6.07, 6.45) is 1.51. The first-order valence-electron chi connectivity index (χ1n) is 6.50. The Labute approximate surface area is 134 Å². The fraction of sp³-hybridized carbons (Fsp3) is 0.143. The number of anilines is 1. The number of nitrogens with zero attached hydrogens (tertiary/aromatic N) is 5. The zero-order valence-corrected chi connectivity index (χ0v) is 13.6. The summed E-state index contributed by atoms with van der Waals surface area (Å²) in [7, 11) is 0. The first-order valence-corrected chi connectivity index (χ1v) is 7.29. The monoisotopic (exact) mass is 360 g/mol. The van der Waals surface area contributed by atoms with E-state index in [9.17, 15) is 0 Å². The Morgan fingerprint density at radius 2 is 2.05 bits per heavy atom. The summed E-state index contributed by atoms with van der Waals surface area (Å²) in [5, 5.41) is 14.6. The lowest BCUT2D eigenvalue weighted by Crippen LogP contribution is -1.99. The second-order valence-corrected chi connectivity index (χ2v) is 5.64. The standard InChI is InChI=1S/C14H13BrN6O/c1-8-5-11(12(15)6-9(8)2)13-4-3-10(22-13)7-17-21-14(16)18-19-20-21/h3-7H,1-2H3,(H2,16,18,20)/b17-7+. The second kappa shape index (κ2) is 5.72. The highest BCUT2D eigenvalue weighted by atomic mass is 79.9. The highest BCUT2D eigenvalue weighted by Gasteiger charge is 2.10. The number of aromatic nitrogens is 4. The summed E-state index contributed by atoms with van der Waals surface area (Å²) < 4.78 is 6.77. The molecular formula is C14H13BrN6O. The van der Waals surface area contributed by atoms with Gasteiger partial charge in [-0.2, -0.15) is 5.10 Å². The number of benzene rings is 1. The molecule has 2 aromatic heterocycles. The van der Waals surface area contributed by atoms with E-state index in [2.05, 4.69) is 62.5 Å². The molecule has 3 aromatic rings. The molecule has 2 N–H and O–H groups in total. The number of nitrogens with two attached hydrogens (primary N) is 1. The van der Waals surface area contributed by atoms with Gasteiger partial charge < -0.3 is 10.2 Å². The maximum absolute atomic E-state index is 5.78. The number of furan rings is 1. The zero-order chi connectivity index (χ0) is 15.7. The Morgan fingerprint density at radius 1 is 1.27 bits per heavy atom. The van der Waals surface area contributed by atoms with E-state index in [-0.39, 0.29) is 5.95 Å². The van der Waals surface area contributed by atoms with Gasteiger partial charge in [0.2, 0.25) is 0 Å². The summed E-state index contributed by atoms with van der Waals surface area (Å²) in [5.41, 5.74) is 8.94. The molecule has 0 atom stereocenters. The van der Waals surface area contributed by atoms with Crippen molar-refractivity contribution in [3.8, 4) is 11.3 Å². The summed E-state index contributed by atoms with van der Waals surface area (Å²) >= 11 is 3.57. The molecule has 0 amide bonds. The van der Waals surface area contributed by atoms with E-state index in [4.69, 9.17) is 10.2 Å². The van der Waals surface area contributed by atoms with Crippen molar-refractivity contribution >= 4 is 28.1 Å². The predicted molar refractivity (Wildman–Crippen MR) is 86.5 cm³/mol. The van der Waals surface area contributed by atoms with E-state index in [0.717, 1.165) is 20.6 Å². The van der Waals surface area contributed by atoms with Crippen LogP contribution in [0.2, 0.25) is 0 Å². The van der Waals surface area contributed by atoms with Crippen LogP contribution in [-0.4, -0.2) is 26.5 Å². The maximum atomic E-state index is 5.78. The van der Waals surface area contributed by atoms with Gasteiger partial charge in [-0.1, -0.05) is 25.8 Å². The van der Waals surface area contributed by atoms with E-state index in [1.54, 1.807) is 0 Å². The molecule has 0 saturated heterocycles. The van der Waals surface area contributed by atoms with Crippen LogP contribution >= 0.6 is 15.9 Å². The smallest absolute Gasteiger partial charge is 0.263 e. The van der Waals surface area contributed by atoms with Crippen molar-refractivity contribution in [3.05, 3.63) is 45.6 Å². The minimum absolute atomic E-state index is 0.111. The van der Waals surface area contributed by atoms with E-state index in [0.29, 0.717) is 5.76 Å². The van der Waals surface area contributed by atoms with Crippen molar-refractivity contribution in [2.75, 3.05) is 5.73 Å². The van der Waals surface area contributed by atoms with Gasteiger partial charge in [-0.3, -0.25) is 0 Å². The summed E-state index contributed by atoms with van der Waals surface area (Å²) in [4.78, 5) is 1.12. The normalized spacial score (nSPS) is 11.4. The highest BCUT2D eigenvalue weighted by Crippen LogP contribution is 2.31. The van der Waals surface area contributed by atoms with Gasteiger partial charge in [0, 0.05) is 10.0 Å². The van der Waals surface area contributed by atoms with Gasteiger partial charge in [0.25, 0.3) is 5.95 Å². The average molecular weight is 361 g/mol. The van der Waals surface area contributed by atoms with Crippen molar-refractivity contribution in [3.63, 3.8) is 0 Å². The molecule has 0 aliphatic heterocycles. The Balaban J connectivity index is 1.90. The zero-order valence-electron chi connectivity index (χ0n) is 12.0. The number of tetrazole rings is 1. The Kier molecular flexibility index (Phi) is 3.76. The van der Waals surface area contributed by atoms with Crippen molar-refractivity contribution in [2.24, 2.45) is 5.10 Å². The van der Waals surface area contributed by atoms with Crippen LogP contribution in [0.4, 0.5) is 5.95 Å². The SMILES string of the molecule is Cc1cc(Br)c(-c2ccc(/C=N/n3nnnc3N)o2)cc1C. The third kappa shape index (κ3) is 2.77. The minimum Gasteiger partial charge on any atom is -0.455 e. The lowest BCUT2D eigenvalue weighted by Gasteiger charge is -2.06. The molecule has 0 saturated carbocycles. The Morgan fingerprint density at radius 3 is 2.77 bits per heavy atom. The van der Waals surface area contributed by atoms with Crippen molar-refractivity contribution in [1.29, 1.82) is 0 Å². The molecular weight excluding hydrogens is 348 g/mol. The molecule has 0 radical (unpaired) electrons. The van der Waals surface area contributed by atoms with Gasteiger partial charge >= 0.3 is 0 Å². The fourth-order valence-corrected chi connectivity index (χ4v) is 2.57. The van der Waals surface area contributed by atoms with Crippen molar-refractivity contribution < 1.29 is 4.42 Å². The van der Waals surface area contributed by atoms with Crippen LogP contribution in [0.1, 0.15) is 16.9 Å². The molecule has 0 spiro atoms. The van der Waals surface area contributed by atoms with Crippen molar-refractivity contribution in [1.82, 2.24) is 20.3 Å². The molecule has 7 nitrogen and oxygen atoms in total. The third-order valence-electron chi connectivity index (χ3n) is 3.25. The van der Waals surface area contributed by atoms with Crippen LogP contribution in [0.25, 0.3) is 11.3 Å². The van der Waals surface area contributed by atoms with Gasteiger partial charge in [-0.05, 0) is 59.7 Å². The quantitative estimate of drug-likeness (QED) is 0.724. The number of aryl methyl sites for hydroxylation is 2. The van der Waals surface area contributed by atoms with Crippen LogP contribution in [0.5, 0.6) is 0 Å². The van der Waals surface area contributed by atoms with Crippen molar-refractivity contribution in [2.45, 2.75) is 13.8 Å². The van der Waals surface area contributed by atoms with Gasteiger partial charge in [-0.25, -0.2) is 0 Å². The Bertz CT molecular complexity index is 851. The van der Waals surface area contributed by atoms with Crippen LogP contribution in [0, 0.1) is 13.8 Å². The molecule has 112 valence electrons. The van der Waals surface area contributed by atoms with Gasteiger partial charge in [0.1, 0.15) is 11.5 Å².